The van der Waals surface area contributed by atoms with Crippen LogP contribution >= 0.6 is 11.3 Å². The Morgan fingerprint density at radius 1 is 1.32 bits per heavy atom. The lowest BCUT2D eigenvalue weighted by molar-refractivity contribution is 0.0523. The molecule has 0 amide bonds. The Kier molecular flexibility index (Phi) is 4.99. The van der Waals surface area contributed by atoms with Gasteiger partial charge in [0, 0.05) is 17.1 Å². The molecular weight excluding hydrogens is 345 g/mol. The van der Waals surface area contributed by atoms with E-state index >= 15 is 0 Å². The van der Waals surface area contributed by atoms with Crippen molar-refractivity contribution in [3.05, 3.63) is 69.6 Å². The van der Waals surface area contributed by atoms with Crippen molar-refractivity contribution in [1.82, 2.24) is 14.5 Å². The Balaban J connectivity index is 1.84. The third kappa shape index (κ3) is 3.80. The number of rotatable bonds is 5. The lowest BCUT2D eigenvalue weighted by atomic mass is 10.2. The van der Waals surface area contributed by atoms with E-state index in [9.17, 15) is 14.0 Å². The van der Waals surface area contributed by atoms with Crippen LogP contribution in [0.1, 0.15) is 23.0 Å². The van der Waals surface area contributed by atoms with Crippen molar-refractivity contribution in [2.45, 2.75) is 13.5 Å². The summed E-state index contributed by atoms with van der Waals surface area (Å²) in [4.78, 5) is 32.5. The van der Waals surface area contributed by atoms with Crippen LogP contribution in [0.15, 0.2) is 47.0 Å². The molecule has 1 aromatic carbocycles. The first kappa shape index (κ1) is 17.0. The number of aromatic nitrogens is 3. The van der Waals surface area contributed by atoms with E-state index in [2.05, 4.69) is 9.97 Å². The van der Waals surface area contributed by atoms with Crippen LogP contribution in [-0.4, -0.2) is 27.1 Å². The standard InChI is InChI=1S/C17H14FN3O3S/c1-2-24-17(23)14-7-19-10-21(16(14)22)8-13-9-25-15(20-13)11-3-5-12(18)6-4-11/h3-7,9-10H,2,8H2,1H3. The SMILES string of the molecule is CCOC(=O)c1cncn(Cc2csc(-c3ccc(F)cc3)n2)c1=O. The quantitative estimate of drug-likeness (QED) is 0.655. The van der Waals surface area contributed by atoms with Gasteiger partial charge in [-0.05, 0) is 31.2 Å². The van der Waals surface area contributed by atoms with Crippen molar-refractivity contribution in [3.8, 4) is 10.6 Å². The molecule has 0 aliphatic heterocycles. The Morgan fingerprint density at radius 2 is 2.08 bits per heavy atom. The van der Waals surface area contributed by atoms with Crippen molar-refractivity contribution in [2.24, 2.45) is 0 Å². The van der Waals surface area contributed by atoms with Gasteiger partial charge in [0.1, 0.15) is 16.4 Å². The third-order valence-corrected chi connectivity index (χ3v) is 4.31. The number of carbonyl (C=O) groups is 1. The van der Waals surface area contributed by atoms with Gasteiger partial charge in [0.15, 0.2) is 0 Å². The summed E-state index contributed by atoms with van der Waals surface area (Å²) >= 11 is 1.39. The number of benzene rings is 1. The topological polar surface area (TPSA) is 74.1 Å². The van der Waals surface area contributed by atoms with Crippen LogP contribution < -0.4 is 5.56 Å². The highest BCUT2D eigenvalue weighted by Gasteiger charge is 2.15. The zero-order chi connectivity index (χ0) is 17.8. The van der Waals surface area contributed by atoms with Crippen LogP contribution in [0, 0.1) is 5.82 Å². The van der Waals surface area contributed by atoms with E-state index in [1.165, 1.54) is 40.6 Å². The number of hydrogen-bond acceptors (Lipinski definition) is 6. The fraction of sp³-hybridized carbons (Fsp3) is 0.176. The number of carbonyl (C=O) groups excluding carboxylic acids is 1. The molecule has 0 unspecified atom stereocenters. The van der Waals surface area contributed by atoms with Gasteiger partial charge in [-0.25, -0.2) is 19.2 Å². The normalized spacial score (nSPS) is 10.6. The highest BCUT2D eigenvalue weighted by molar-refractivity contribution is 7.13. The number of nitrogens with zero attached hydrogens (tertiary/aromatic N) is 3. The fourth-order valence-corrected chi connectivity index (χ4v) is 3.01. The van der Waals surface area contributed by atoms with E-state index in [0.29, 0.717) is 5.69 Å². The van der Waals surface area contributed by atoms with Gasteiger partial charge < -0.3 is 4.74 Å². The molecule has 0 aliphatic rings. The molecule has 25 heavy (non-hydrogen) atoms. The molecule has 0 bridgehead atoms. The second-order valence-corrected chi connectivity index (χ2v) is 5.97. The zero-order valence-electron chi connectivity index (χ0n) is 13.3. The van der Waals surface area contributed by atoms with E-state index in [4.69, 9.17) is 4.74 Å². The first-order valence-electron chi connectivity index (χ1n) is 7.50. The van der Waals surface area contributed by atoms with Crippen LogP contribution in [-0.2, 0) is 11.3 Å². The van der Waals surface area contributed by atoms with Crippen LogP contribution in [0.2, 0.25) is 0 Å². The summed E-state index contributed by atoms with van der Waals surface area (Å²) in [5, 5.41) is 2.53. The van der Waals surface area contributed by atoms with E-state index in [0.717, 1.165) is 10.6 Å². The largest absolute Gasteiger partial charge is 0.462 e. The molecule has 8 heteroatoms. The lowest BCUT2D eigenvalue weighted by Crippen LogP contribution is -2.28. The van der Waals surface area contributed by atoms with Crippen molar-refractivity contribution < 1.29 is 13.9 Å². The molecule has 0 atom stereocenters. The Labute approximate surface area is 146 Å². The summed E-state index contributed by atoms with van der Waals surface area (Å²) in [5.41, 5.74) is 0.848. The van der Waals surface area contributed by atoms with Crippen molar-refractivity contribution in [1.29, 1.82) is 0 Å². The summed E-state index contributed by atoms with van der Waals surface area (Å²) in [7, 11) is 0. The predicted molar refractivity (Wildman–Crippen MR) is 91.1 cm³/mol. The van der Waals surface area contributed by atoms with Gasteiger partial charge >= 0.3 is 5.97 Å². The Hall–Kier alpha value is -2.87. The summed E-state index contributed by atoms with van der Waals surface area (Å²) < 4.78 is 19.1. The summed E-state index contributed by atoms with van der Waals surface area (Å²) in [6.45, 7) is 2.02. The molecule has 0 fully saturated rings. The smallest absolute Gasteiger partial charge is 0.345 e. The molecule has 0 saturated heterocycles. The van der Waals surface area contributed by atoms with Crippen LogP contribution in [0.25, 0.3) is 10.6 Å². The number of hydrogen-bond donors (Lipinski definition) is 0. The van der Waals surface area contributed by atoms with Crippen molar-refractivity contribution in [3.63, 3.8) is 0 Å². The fourth-order valence-electron chi connectivity index (χ4n) is 2.19. The number of ether oxygens (including phenoxy) is 1. The maximum atomic E-state index is 13.0. The van der Waals surface area contributed by atoms with E-state index in [-0.39, 0.29) is 24.5 Å². The first-order chi connectivity index (χ1) is 12.1. The van der Waals surface area contributed by atoms with Crippen LogP contribution in [0.3, 0.4) is 0 Å². The van der Waals surface area contributed by atoms with Gasteiger partial charge in [0.2, 0.25) is 0 Å². The lowest BCUT2D eigenvalue weighted by Gasteiger charge is -2.05. The van der Waals surface area contributed by atoms with E-state index < -0.39 is 11.5 Å². The van der Waals surface area contributed by atoms with Gasteiger partial charge in [-0.2, -0.15) is 0 Å². The molecule has 2 aromatic heterocycles. The molecular formula is C17H14FN3O3S. The van der Waals surface area contributed by atoms with Crippen LogP contribution in [0.4, 0.5) is 4.39 Å². The second kappa shape index (κ2) is 7.35. The van der Waals surface area contributed by atoms with Crippen molar-refractivity contribution >= 4 is 17.3 Å². The van der Waals surface area contributed by atoms with Gasteiger partial charge in [-0.1, -0.05) is 0 Å². The Morgan fingerprint density at radius 3 is 2.80 bits per heavy atom. The minimum absolute atomic E-state index is 0.113. The zero-order valence-corrected chi connectivity index (χ0v) is 14.1. The van der Waals surface area contributed by atoms with Gasteiger partial charge in [-0.3, -0.25) is 9.36 Å². The number of esters is 1. The molecule has 0 spiro atoms. The average Bonchev–Trinajstić information content (AvgIpc) is 3.06. The summed E-state index contributed by atoms with van der Waals surface area (Å²) in [5.74, 6) is -1.01. The molecule has 0 radical (unpaired) electrons. The summed E-state index contributed by atoms with van der Waals surface area (Å²) in [6.07, 6.45) is 2.55. The number of halogens is 1. The van der Waals surface area contributed by atoms with Gasteiger partial charge in [0.05, 0.1) is 25.2 Å². The highest BCUT2D eigenvalue weighted by atomic mass is 32.1. The first-order valence-corrected chi connectivity index (χ1v) is 8.38. The molecule has 0 aliphatic carbocycles. The number of thiazole rings is 1. The Bertz CT molecular complexity index is 950. The molecule has 0 saturated carbocycles. The second-order valence-electron chi connectivity index (χ2n) is 5.11. The maximum absolute atomic E-state index is 13.0. The van der Waals surface area contributed by atoms with Crippen molar-refractivity contribution in [2.75, 3.05) is 6.61 Å². The monoisotopic (exact) mass is 359 g/mol. The predicted octanol–water partition coefficient (Wildman–Crippen LogP) is 2.73. The molecule has 128 valence electrons. The minimum atomic E-state index is -0.695. The molecule has 3 aromatic rings. The van der Waals surface area contributed by atoms with E-state index in [1.807, 2.05) is 5.38 Å². The molecule has 0 N–H and O–H groups in total. The minimum Gasteiger partial charge on any atom is -0.462 e. The van der Waals surface area contributed by atoms with Gasteiger partial charge in [0.25, 0.3) is 5.56 Å². The maximum Gasteiger partial charge on any atom is 0.345 e. The summed E-state index contributed by atoms with van der Waals surface area (Å²) in [6, 6.07) is 6.03. The van der Waals surface area contributed by atoms with Crippen LogP contribution in [0.5, 0.6) is 0 Å². The highest BCUT2D eigenvalue weighted by Crippen LogP contribution is 2.24. The average molecular weight is 359 g/mol. The van der Waals surface area contributed by atoms with E-state index in [1.54, 1.807) is 19.1 Å². The molecule has 3 rings (SSSR count). The molecule has 2 heterocycles. The third-order valence-electron chi connectivity index (χ3n) is 3.37. The molecule has 6 nitrogen and oxygen atoms in total. The van der Waals surface area contributed by atoms with Gasteiger partial charge in [-0.15, -0.1) is 11.3 Å².